The van der Waals surface area contributed by atoms with Gasteiger partial charge in [0.15, 0.2) is 12.2 Å². The summed E-state index contributed by atoms with van der Waals surface area (Å²) in [4.78, 5) is 26.5. The van der Waals surface area contributed by atoms with E-state index in [0.29, 0.717) is 17.2 Å². The number of carboxylic acid groups (broad SMARTS) is 2. The molecule has 2 bridgehead atoms. The predicted octanol–water partition coefficient (Wildman–Crippen LogP) is 1.97. The summed E-state index contributed by atoms with van der Waals surface area (Å²) in [5, 5.41) is 42.6. The lowest BCUT2D eigenvalue weighted by Crippen LogP contribution is -2.61. The van der Waals surface area contributed by atoms with Gasteiger partial charge in [0.1, 0.15) is 5.75 Å². The molecule has 0 unspecified atom stereocenters. The highest BCUT2D eigenvalue weighted by molar-refractivity contribution is 5.83. The normalized spacial score (nSPS) is 26.4. The Morgan fingerprint density at radius 1 is 1.03 bits per heavy atom. The van der Waals surface area contributed by atoms with E-state index in [-0.39, 0.29) is 0 Å². The van der Waals surface area contributed by atoms with E-state index < -0.39 is 24.1 Å². The lowest BCUT2D eigenvalue weighted by atomic mass is 9.52. The van der Waals surface area contributed by atoms with Crippen LogP contribution in [0.25, 0.3) is 0 Å². The van der Waals surface area contributed by atoms with Crippen LogP contribution in [0, 0.1) is 5.92 Å². The van der Waals surface area contributed by atoms with Crippen LogP contribution in [0.15, 0.2) is 42.7 Å². The molecule has 1 aromatic carbocycles. The van der Waals surface area contributed by atoms with Gasteiger partial charge in [0.05, 0.1) is 0 Å². The van der Waals surface area contributed by atoms with Crippen molar-refractivity contribution in [2.45, 2.75) is 68.6 Å². The van der Waals surface area contributed by atoms with Gasteiger partial charge in [-0.05, 0) is 85.5 Å². The van der Waals surface area contributed by atoms with Gasteiger partial charge in [0.2, 0.25) is 0 Å². The number of rotatable bonds is 6. The number of aliphatic hydroxyl groups is 2. The molecular formula is C27H34N2O7. The smallest absolute Gasteiger partial charge is 0.335 e. The van der Waals surface area contributed by atoms with Crippen molar-refractivity contribution in [2.24, 2.45) is 5.92 Å². The first kappa shape index (κ1) is 26.1. The van der Waals surface area contributed by atoms with E-state index in [1.165, 1.54) is 55.3 Å². The molecule has 1 aromatic heterocycles. The highest BCUT2D eigenvalue weighted by Gasteiger charge is 2.53. The number of phenolic OH excluding ortho intramolecular Hbond substituents is 1. The Labute approximate surface area is 210 Å². The van der Waals surface area contributed by atoms with E-state index in [1.54, 1.807) is 0 Å². The highest BCUT2D eigenvalue weighted by atomic mass is 16.4. The summed E-state index contributed by atoms with van der Waals surface area (Å²) in [6, 6.07) is 11.1. The second kappa shape index (κ2) is 10.9. The molecule has 2 aromatic rings. The molecule has 194 valence electrons. The number of benzene rings is 1. The molecule has 2 fully saturated rings. The molecule has 9 nitrogen and oxygen atoms in total. The number of aliphatic hydroxyl groups excluding tert-OH is 2. The Kier molecular flexibility index (Phi) is 7.92. The van der Waals surface area contributed by atoms with E-state index >= 15 is 0 Å². The molecule has 0 amide bonds. The van der Waals surface area contributed by atoms with Crippen molar-refractivity contribution < 1.29 is 35.1 Å². The van der Waals surface area contributed by atoms with Gasteiger partial charge < -0.3 is 25.5 Å². The number of carbonyl (C=O) groups is 2. The Morgan fingerprint density at radius 3 is 2.39 bits per heavy atom. The lowest BCUT2D eigenvalue weighted by Gasteiger charge is -2.59. The molecule has 5 rings (SSSR count). The second-order valence-corrected chi connectivity index (χ2v) is 10.1. The number of hydrogen-bond donors (Lipinski definition) is 5. The number of phenols is 1. The molecule has 36 heavy (non-hydrogen) atoms. The molecule has 2 aliphatic carbocycles. The molecular weight excluding hydrogens is 464 g/mol. The Bertz CT molecular complexity index is 1060. The van der Waals surface area contributed by atoms with Crippen molar-refractivity contribution >= 4 is 11.9 Å². The number of aromatic nitrogens is 1. The number of carboxylic acids is 2. The fourth-order valence-electron chi connectivity index (χ4n) is 6.44. The summed E-state index contributed by atoms with van der Waals surface area (Å²) in [7, 11) is 0. The van der Waals surface area contributed by atoms with Gasteiger partial charge >= 0.3 is 11.9 Å². The summed E-state index contributed by atoms with van der Waals surface area (Å²) in [5.41, 5.74) is 4.68. The molecule has 1 saturated carbocycles. The number of nitrogens with zero attached hydrogens (tertiary/aromatic N) is 2. The van der Waals surface area contributed by atoms with Gasteiger partial charge in [-0.1, -0.05) is 18.9 Å². The van der Waals surface area contributed by atoms with Crippen molar-refractivity contribution in [3.63, 3.8) is 0 Å². The summed E-state index contributed by atoms with van der Waals surface area (Å²) in [6.07, 6.45) is 8.16. The van der Waals surface area contributed by atoms with E-state index in [4.69, 9.17) is 20.4 Å². The monoisotopic (exact) mass is 498 g/mol. The van der Waals surface area contributed by atoms with Crippen LogP contribution < -0.4 is 0 Å². The standard InChI is InChI=1S/C23H28N2O.C4H6O6/c26-19-5-4-18-15-22-20-3-1-2-9-23(20,21(18)16-19)10-14-25(22)13-8-17-6-11-24-12-7-17;5-1(3(7)8)2(6)4(9)10/h4-7,11-12,16,20,22,26H,1-3,8-10,13-15H2;1-2,5-6H,(H,7,8)(H,9,10)/t20-,22-,23-;1-,2-/m01/s1. The number of pyridine rings is 1. The molecule has 1 aliphatic heterocycles. The lowest BCUT2D eigenvalue weighted by molar-refractivity contribution is -0.165. The topological polar surface area (TPSA) is 151 Å². The van der Waals surface area contributed by atoms with Gasteiger partial charge in [0.25, 0.3) is 0 Å². The summed E-state index contributed by atoms with van der Waals surface area (Å²) < 4.78 is 0. The minimum Gasteiger partial charge on any atom is -0.508 e. The number of piperidine rings is 1. The molecule has 3 aliphatic rings. The van der Waals surface area contributed by atoms with Gasteiger partial charge in [-0.25, -0.2) is 9.59 Å². The molecule has 5 N–H and O–H groups in total. The fraction of sp³-hybridized carbons (Fsp3) is 0.519. The minimum absolute atomic E-state index is 0.322. The Morgan fingerprint density at radius 2 is 1.72 bits per heavy atom. The maximum atomic E-state index is 10.1. The third-order valence-corrected chi connectivity index (χ3v) is 8.18. The molecule has 5 atom stereocenters. The van der Waals surface area contributed by atoms with Crippen molar-refractivity contribution in [3.8, 4) is 5.75 Å². The van der Waals surface area contributed by atoms with E-state index in [2.05, 4.69) is 34.1 Å². The molecule has 9 heteroatoms. The summed E-state index contributed by atoms with van der Waals surface area (Å²) in [6.45, 7) is 2.34. The van der Waals surface area contributed by atoms with Gasteiger partial charge in [-0.3, -0.25) is 9.88 Å². The predicted molar refractivity (Wildman–Crippen MR) is 131 cm³/mol. The number of likely N-dealkylation sites (tertiary alicyclic amines) is 1. The quantitative estimate of drug-likeness (QED) is 0.402. The zero-order valence-corrected chi connectivity index (χ0v) is 20.2. The maximum absolute atomic E-state index is 10.1. The first-order valence-corrected chi connectivity index (χ1v) is 12.5. The van der Waals surface area contributed by atoms with Crippen LogP contribution in [0.3, 0.4) is 0 Å². The molecule has 0 spiro atoms. The Balaban J connectivity index is 0.000000261. The molecule has 0 radical (unpaired) electrons. The van der Waals surface area contributed by atoms with Crippen LogP contribution in [-0.2, 0) is 27.8 Å². The minimum atomic E-state index is -2.27. The largest absolute Gasteiger partial charge is 0.508 e. The van der Waals surface area contributed by atoms with E-state index in [0.717, 1.165) is 25.3 Å². The van der Waals surface area contributed by atoms with Crippen molar-refractivity contribution in [3.05, 3.63) is 59.4 Å². The highest BCUT2D eigenvalue weighted by Crippen LogP contribution is 2.56. The van der Waals surface area contributed by atoms with Crippen LogP contribution >= 0.6 is 0 Å². The zero-order valence-electron chi connectivity index (χ0n) is 20.2. The van der Waals surface area contributed by atoms with Crippen LogP contribution in [-0.4, -0.2) is 78.7 Å². The third-order valence-electron chi connectivity index (χ3n) is 8.18. The maximum Gasteiger partial charge on any atom is 0.335 e. The fourth-order valence-corrected chi connectivity index (χ4v) is 6.44. The number of hydrogen-bond acceptors (Lipinski definition) is 7. The van der Waals surface area contributed by atoms with Crippen molar-refractivity contribution in [2.75, 3.05) is 13.1 Å². The first-order chi connectivity index (χ1) is 17.2. The van der Waals surface area contributed by atoms with Crippen molar-refractivity contribution in [1.82, 2.24) is 9.88 Å². The van der Waals surface area contributed by atoms with Gasteiger partial charge in [-0.15, -0.1) is 0 Å². The van der Waals surface area contributed by atoms with Crippen LogP contribution in [0.4, 0.5) is 0 Å². The molecule has 2 heterocycles. The van der Waals surface area contributed by atoms with Gasteiger partial charge in [0, 0.05) is 30.4 Å². The van der Waals surface area contributed by atoms with Gasteiger partial charge in [-0.2, -0.15) is 0 Å². The average molecular weight is 499 g/mol. The SMILES string of the molecule is O=C(O)[C@H](O)[C@@H](O)C(=O)O.Oc1ccc2c(c1)[C@]13CCCC[C@H]1[C@H](C2)N(CCc1ccncc1)CC3. The second-order valence-electron chi connectivity index (χ2n) is 10.1. The summed E-state index contributed by atoms with van der Waals surface area (Å²) in [5.74, 6) is -2.33. The number of aliphatic carboxylic acids is 2. The Hall–Kier alpha value is -3.01. The summed E-state index contributed by atoms with van der Waals surface area (Å²) >= 11 is 0. The van der Waals surface area contributed by atoms with E-state index in [1.807, 2.05) is 18.5 Å². The average Bonchev–Trinajstić information content (AvgIpc) is 2.88. The van der Waals surface area contributed by atoms with Crippen molar-refractivity contribution in [1.29, 1.82) is 0 Å². The van der Waals surface area contributed by atoms with Crippen LogP contribution in [0.2, 0.25) is 0 Å². The number of fused-ring (bicyclic) bond motifs is 1. The van der Waals surface area contributed by atoms with Crippen LogP contribution in [0.1, 0.15) is 48.8 Å². The molecule has 1 saturated heterocycles. The third kappa shape index (κ3) is 5.23. The van der Waals surface area contributed by atoms with Crippen LogP contribution in [0.5, 0.6) is 5.75 Å². The van der Waals surface area contributed by atoms with E-state index in [9.17, 15) is 14.7 Å². The zero-order chi connectivity index (χ0) is 25.9. The first-order valence-electron chi connectivity index (χ1n) is 12.5. The number of aromatic hydroxyl groups is 1.